The molecule has 5 nitrogen and oxygen atoms in total. The molecule has 2 heterocycles. The zero-order valence-corrected chi connectivity index (χ0v) is 21.2. The molecule has 1 aliphatic carbocycles. The maximum Gasteiger partial charge on any atom is 0.240 e. The average molecular weight is 480 g/mol. The summed E-state index contributed by atoms with van der Waals surface area (Å²) in [5.41, 5.74) is 4.87. The molecular formula is C28H34ClN3O2. The Kier molecular flexibility index (Phi) is 6.54. The molecule has 1 amide bonds. The van der Waals surface area contributed by atoms with Crippen LogP contribution in [-0.4, -0.2) is 49.0 Å². The van der Waals surface area contributed by atoms with Crippen LogP contribution in [-0.2, 0) is 9.53 Å². The zero-order chi connectivity index (χ0) is 23.9. The van der Waals surface area contributed by atoms with Crippen molar-refractivity contribution in [3.05, 3.63) is 58.1 Å². The maximum absolute atomic E-state index is 14.4. The van der Waals surface area contributed by atoms with Crippen LogP contribution < -0.4 is 4.90 Å². The van der Waals surface area contributed by atoms with E-state index in [0.717, 1.165) is 67.1 Å². The van der Waals surface area contributed by atoms with Crippen molar-refractivity contribution in [1.29, 1.82) is 0 Å². The summed E-state index contributed by atoms with van der Waals surface area (Å²) in [4.78, 5) is 24.1. The van der Waals surface area contributed by atoms with E-state index in [1.54, 1.807) is 0 Å². The molecule has 0 aromatic heterocycles. The lowest BCUT2D eigenvalue weighted by atomic mass is 9.69. The monoisotopic (exact) mass is 479 g/mol. The number of nitrogens with zero attached hydrogens (tertiary/aromatic N) is 3. The van der Waals surface area contributed by atoms with E-state index < -0.39 is 5.41 Å². The van der Waals surface area contributed by atoms with Crippen LogP contribution in [0.4, 0.5) is 11.4 Å². The van der Waals surface area contributed by atoms with E-state index in [4.69, 9.17) is 21.3 Å². The highest BCUT2D eigenvalue weighted by molar-refractivity contribution is 6.31. The van der Waals surface area contributed by atoms with Gasteiger partial charge in [0.2, 0.25) is 5.91 Å². The van der Waals surface area contributed by atoms with E-state index in [-0.39, 0.29) is 11.9 Å². The van der Waals surface area contributed by atoms with Gasteiger partial charge in [0.1, 0.15) is 5.84 Å². The van der Waals surface area contributed by atoms with E-state index in [1.165, 1.54) is 12.0 Å². The Morgan fingerprint density at radius 2 is 1.59 bits per heavy atom. The number of amidine groups is 1. The number of hydrogen-bond donors (Lipinski definition) is 0. The molecule has 2 aromatic rings. The van der Waals surface area contributed by atoms with Crippen molar-refractivity contribution in [3.63, 3.8) is 0 Å². The van der Waals surface area contributed by atoms with Gasteiger partial charge >= 0.3 is 0 Å². The SMILES string of the molecule is Cc1cc(C)c(N=C2[C@H](N3CCOCC3)C3(CCCCC3)C(=O)N2c2ccc(Cl)cc2)c(C)c1. The molecule has 5 rings (SSSR count). The Morgan fingerprint density at radius 3 is 2.21 bits per heavy atom. The molecule has 34 heavy (non-hydrogen) atoms. The van der Waals surface area contributed by atoms with E-state index in [0.29, 0.717) is 18.2 Å². The van der Waals surface area contributed by atoms with Crippen LogP contribution in [0.1, 0.15) is 48.8 Å². The Labute approximate surface area is 207 Å². The highest BCUT2D eigenvalue weighted by atomic mass is 35.5. The van der Waals surface area contributed by atoms with Gasteiger partial charge < -0.3 is 4.74 Å². The number of morpholine rings is 1. The number of amides is 1. The van der Waals surface area contributed by atoms with Gasteiger partial charge in [-0.2, -0.15) is 0 Å². The van der Waals surface area contributed by atoms with Gasteiger partial charge in [0, 0.05) is 18.1 Å². The van der Waals surface area contributed by atoms with Crippen molar-refractivity contribution in [1.82, 2.24) is 4.90 Å². The van der Waals surface area contributed by atoms with E-state index >= 15 is 0 Å². The Balaban J connectivity index is 1.72. The maximum atomic E-state index is 14.4. The summed E-state index contributed by atoms with van der Waals surface area (Å²) < 4.78 is 5.70. The van der Waals surface area contributed by atoms with Crippen LogP contribution in [0.5, 0.6) is 0 Å². The largest absolute Gasteiger partial charge is 0.379 e. The summed E-state index contributed by atoms with van der Waals surface area (Å²) in [6.45, 7) is 9.36. The normalized spacial score (nSPS) is 24.4. The number of aliphatic imine (C=N–C) groups is 1. The molecule has 1 saturated carbocycles. The smallest absolute Gasteiger partial charge is 0.240 e. The van der Waals surface area contributed by atoms with Gasteiger partial charge in [0.25, 0.3) is 0 Å². The average Bonchev–Trinajstić information content (AvgIpc) is 3.05. The van der Waals surface area contributed by atoms with Crippen molar-refractivity contribution in [2.24, 2.45) is 10.4 Å². The summed E-state index contributed by atoms with van der Waals surface area (Å²) in [5.74, 6) is 1.04. The standard InChI is InChI=1S/C28H34ClN3O2/c1-19-17-20(2)24(21(3)18-19)30-26-25(31-13-15-34-16-14-31)28(11-5-4-6-12-28)27(33)32(26)23-9-7-22(29)8-10-23/h7-10,17-18,25H,4-6,11-16H2,1-3H3/t25-/m0/s1. The van der Waals surface area contributed by atoms with Gasteiger partial charge in [-0.1, -0.05) is 48.6 Å². The first-order valence-electron chi connectivity index (χ1n) is 12.5. The first-order chi connectivity index (χ1) is 16.4. The number of carbonyl (C=O) groups excluding carboxylic acids is 1. The van der Waals surface area contributed by atoms with Crippen molar-refractivity contribution in [2.45, 2.75) is 58.9 Å². The molecule has 0 N–H and O–H groups in total. The molecule has 2 aliphatic heterocycles. The lowest BCUT2D eigenvalue weighted by molar-refractivity contribution is -0.130. The fourth-order valence-electron chi connectivity index (χ4n) is 6.25. The molecular weight excluding hydrogens is 446 g/mol. The fourth-order valence-corrected chi connectivity index (χ4v) is 6.37. The third-order valence-corrected chi connectivity index (χ3v) is 7.98. The second-order valence-corrected chi connectivity index (χ2v) is 10.5. The minimum Gasteiger partial charge on any atom is -0.379 e. The lowest BCUT2D eigenvalue weighted by Gasteiger charge is -2.42. The second-order valence-electron chi connectivity index (χ2n) is 10.1. The molecule has 3 fully saturated rings. The van der Waals surface area contributed by atoms with Crippen LogP contribution in [0.2, 0.25) is 5.02 Å². The first-order valence-corrected chi connectivity index (χ1v) is 12.9. The number of hydrogen-bond acceptors (Lipinski definition) is 4. The molecule has 0 unspecified atom stereocenters. The van der Waals surface area contributed by atoms with Crippen LogP contribution in [0, 0.1) is 26.2 Å². The predicted molar refractivity (Wildman–Crippen MR) is 138 cm³/mol. The summed E-state index contributed by atoms with van der Waals surface area (Å²) >= 11 is 6.21. The van der Waals surface area contributed by atoms with E-state index in [9.17, 15) is 4.79 Å². The molecule has 1 spiro atoms. The molecule has 0 radical (unpaired) electrons. The van der Waals surface area contributed by atoms with Crippen molar-refractivity contribution in [3.8, 4) is 0 Å². The molecule has 6 heteroatoms. The van der Waals surface area contributed by atoms with Crippen molar-refractivity contribution >= 4 is 34.7 Å². The highest BCUT2D eigenvalue weighted by Gasteiger charge is 2.60. The topological polar surface area (TPSA) is 45.1 Å². The fraction of sp³-hybridized carbons (Fsp3) is 0.500. The number of ether oxygens (including phenoxy) is 1. The van der Waals surface area contributed by atoms with Crippen LogP contribution in [0.25, 0.3) is 0 Å². The Bertz CT molecular complexity index is 1080. The van der Waals surface area contributed by atoms with Gasteiger partial charge in [-0.25, -0.2) is 4.99 Å². The van der Waals surface area contributed by atoms with Crippen LogP contribution >= 0.6 is 11.6 Å². The highest BCUT2D eigenvalue weighted by Crippen LogP contribution is 2.50. The summed E-state index contributed by atoms with van der Waals surface area (Å²) in [6.07, 6.45) is 5.16. The number of carbonyl (C=O) groups is 1. The van der Waals surface area contributed by atoms with E-state index in [2.05, 4.69) is 37.8 Å². The molecule has 2 saturated heterocycles. The van der Waals surface area contributed by atoms with Gasteiger partial charge in [0.15, 0.2) is 0 Å². The zero-order valence-electron chi connectivity index (χ0n) is 20.4. The van der Waals surface area contributed by atoms with Crippen LogP contribution in [0.15, 0.2) is 41.4 Å². The summed E-state index contributed by atoms with van der Waals surface area (Å²) in [7, 11) is 0. The molecule has 1 atom stereocenters. The Hall–Kier alpha value is -2.21. The van der Waals surface area contributed by atoms with Crippen molar-refractivity contribution < 1.29 is 9.53 Å². The van der Waals surface area contributed by atoms with Gasteiger partial charge in [-0.05, 0) is 69.0 Å². The summed E-state index contributed by atoms with van der Waals surface area (Å²) in [6, 6.07) is 11.9. The molecule has 0 bridgehead atoms. The first kappa shape index (κ1) is 23.5. The van der Waals surface area contributed by atoms with E-state index in [1.807, 2.05) is 29.2 Å². The van der Waals surface area contributed by atoms with Crippen molar-refractivity contribution in [2.75, 3.05) is 31.2 Å². The molecule has 180 valence electrons. The minimum absolute atomic E-state index is 0.0556. The third-order valence-electron chi connectivity index (χ3n) is 7.73. The summed E-state index contributed by atoms with van der Waals surface area (Å²) in [5, 5.41) is 0.663. The lowest BCUT2D eigenvalue weighted by Crippen LogP contribution is -2.54. The number of benzene rings is 2. The number of aryl methyl sites for hydroxylation is 3. The number of halogens is 1. The quantitative estimate of drug-likeness (QED) is 0.542. The van der Waals surface area contributed by atoms with Crippen LogP contribution in [0.3, 0.4) is 0 Å². The predicted octanol–water partition coefficient (Wildman–Crippen LogP) is 5.99. The van der Waals surface area contributed by atoms with Gasteiger partial charge in [-0.15, -0.1) is 0 Å². The van der Waals surface area contributed by atoms with Gasteiger partial charge in [-0.3, -0.25) is 14.6 Å². The third kappa shape index (κ3) is 4.08. The number of rotatable bonds is 3. The minimum atomic E-state index is -0.444. The molecule has 2 aromatic carbocycles. The van der Waals surface area contributed by atoms with Gasteiger partial charge in [0.05, 0.1) is 36.0 Å². The molecule has 3 aliphatic rings. The number of anilines is 1. The second kappa shape index (κ2) is 9.44. The Morgan fingerprint density at radius 1 is 0.971 bits per heavy atom.